The molecule has 0 aliphatic carbocycles. The van der Waals surface area contributed by atoms with Gasteiger partial charge in [0.2, 0.25) is 0 Å². The second-order valence-corrected chi connectivity index (χ2v) is 3.88. The molecule has 0 fully saturated rings. The molecule has 80 valence electrons. The first-order chi connectivity index (χ1) is 6.93. The molecule has 0 amide bonds. The van der Waals surface area contributed by atoms with Crippen molar-refractivity contribution >= 4 is 5.97 Å². The highest BCUT2D eigenvalue weighted by atomic mass is 16.4. The Kier molecular flexibility index (Phi) is 3.30. The molecule has 0 spiro atoms. The van der Waals surface area contributed by atoms with Crippen LogP contribution in [0, 0.1) is 20.8 Å². The summed E-state index contributed by atoms with van der Waals surface area (Å²) in [6.07, 6.45) is 0.419. The van der Waals surface area contributed by atoms with Crippen LogP contribution in [0.4, 0.5) is 0 Å². The van der Waals surface area contributed by atoms with Gasteiger partial charge in [-0.3, -0.25) is 0 Å². The maximum Gasteiger partial charge on any atom is 0.331 e. The van der Waals surface area contributed by atoms with Crippen LogP contribution < -0.4 is 0 Å². The smallest absolute Gasteiger partial charge is 0.331 e. The van der Waals surface area contributed by atoms with Crippen LogP contribution in [0.5, 0.6) is 0 Å². The molecule has 0 aromatic heterocycles. The molecule has 0 bridgehead atoms. The van der Waals surface area contributed by atoms with Crippen molar-refractivity contribution in [3.8, 4) is 0 Å². The normalized spacial score (nSPS) is 10.1. The molecular formula is C13H16O2. The zero-order valence-corrected chi connectivity index (χ0v) is 9.42. The molecule has 1 aromatic rings. The number of carboxylic acids is 1. The van der Waals surface area contributed by atoms with Crippen LogP contribution in [0.1, 0.15) is 22.3 Å². The number of hydrogen-bond acceptors (Lipinski definition) is 1. The summed E-state index contributed by atoms with van der Waals surface area (Å²) in [5.41, 5.74) is 4.91. The lowest BCUT2D eigenvalue weighted by molar-refractivity contribution is -0.132. The van der Waals surface area contributed by atoms with Crippen LogP contribution in [0.2, 0.25) is 0 Å². The molecule has 1 rings (SSSR count). The SMILES string of the molecule is C=C(Cc1ccc(C)c(C)c1C)C(=O)O. The zero-order valence-electron chi connectivity index (χ0n) is 9.42. The molecule has 0 heterocycles. The van der Waals surface area contributed by atoms with Gasteiger partial charge in [0.15, 0.2) is 0 Å². The monoisotopic (exact) mass is 204 g/mol. The van der Waals surface area contributed by atoms with Gasteiger partial charge < -0.3 is 5.11 Å². The van der Waals surface area contributed by atoms with E-state index in [4.69, 9.17) is 5.11 Å². The maximum atomic E-state index is 10.7. The van der Waals surface area contributed by atoms with Gasteiger partial charge in [0.05, 0.1) is 0 Å². The maximum absolute atomic E-state index is 10.7. The Morgan fingerprint density at radius 1 is 1.27 bits per heavy atom. The van der Waals surface area contributed by atoms with Gasteiger partial charge in [-0.25, -0.2) is 4.79 Å². The van der Waals surface area contributed by atoms with Crippen molar-refractivity contribution in [2.75, 3.05) is 0 Å². The van der Waals surface area contributed by atoms with Gasteiger partial charge in [-0.2, -0.15) is 0 Å². The molecule has 0 aliphatic heterocycles. The lowest BCUT2D eigenvalue weighted by atomic mass is 9.95. The second-order valence-electron chi connectivity index (χ2n) is 3.88. The molecule has 1 N–H and O–H groups in total. The van der Waals surface area contributed by atoms with Crippen LogP contribution in [0.15, 0.2) is 24.3 Å². The average molecular weight is 204 g/mol. The Labute approximate surface area is 90.3 Å². The van der Waals surface area contributed by atoms with Crippen LogP contribution in [0.3, 0.4) is 0 Å². The Hall–Kier alpha value is -1.57. The number of benzene rings is 1. The Morgan fingerprint density at radius 3 is 2.40 bits per heavy atom. The molecule has 0 saturated carbocycles. The van der Waals surface area contributed by atoms with E-state index in [2.05, 4.69) is 20.4 Å². The van der Waals surface area contributed by atoms with Crippen LogP contribution >= 0.6 is 0 Å². The summed E-state index contributed by atoms with van der Waals surface area (Å²) in [6.45, 7) is 9.67. The number of aliphatic carboxylic acids is 1. The third kappa shape index (κ3) is 2.46. The van der Waals surface area contributed by atoms with Crippen molar-refractivity contribution in [3.05, 3.63) is 46.5 Å². The number of carbonyl (C=O) groups is 1. The molecular weight excluding hydrogens is 188 g/mol. The molecule has 0 radical (unpaired) electrons. The van der Waals surface area contributed by atoms with E-state index in [-0.39, 0.29) is 5.57 Å². The third-order valence-electron chi connectivity index (χ3n) is 2.88. The summed E-state index contributed by atoms with van der Waals surface area (Å²) in [5, 5.41) is 8.76. The summed E-state index contributed by atoms with van der Waals surface area (Å²) < 4.78 is 0. The highest BCUT2D eigenvalue weighted by Gasteiger charge is 2.09. The minimum absolute atomic E-state index is 0.237. The van der Waals surface area contributed by atoms with Crippen LogP contribution in [-0.2, 0) is 11.2 Å². The van der Waals surface area contributed by atoms with Crippen molar-refractivity contribution in [2.45, 2.75) is 27.2 Å². The topological polar surface area (TPSA) is 37.3 Å². The van der Waals surface area contributed by atoms with Gasteiger partial charge >= 0.3 is 5.97 Å². The van der Waals surface area contributed by atoms with E-state index >= 15 is 0 Å². The number of carboxylic acid groups (broad SMARTS) is 1. The summed E-state index contributed by atoms with van der Waals surface area (Å²) in [6, 6.07) is 4.00. The average Bonchev–Trinajstić information content (AvgIpc) is 2.18. The molecule has 2 nitrogen and oxygen atoms in total. The fraction of sp³-hybridized carbons (Fsp3) is 0.308. The molecule has 0 saturated heterocycles. The molecule has 2 heteroatoms. The quantitative estimate of drug-likeness (QED) is 0.769. The Bertz CT molecular complexity index is 417. The van der Waals surface area contributed by atoms with Gasteiger partial charge in [-0.1, -0.05) is 18.7 Å². The standard InChI is InChI=1S/C13H16O2/c1-8-5-6-12(11(4)10(8)3)7-9(2)13(14)15/h5-6H,2,7H2,1,3-4H3,(H,14,15). The molecule has 0 unspecified atom stereocenters. The lowest BCUT2D eigenvalue weighted by Gasteiger charge is -2.10. The van der Waals surface area contributed by atoms with Crippen molar-refractivity contribution < 1.29 is 9.90 Å². The van der Waals surface area contributed by atoms with E-state index in [1.807, 2.05) is 19.1 Å². The van der Waals surface area contributed by atoms with E-state index in [1.165, 1.54) is 11.1 Å². The minimum atomic E-state index is -0.923. The van der Waals surface area contributed by atoms with Gasteiger partial charge in [-0.15, -0.1) is 0 Å². The lowest BCUT2D eigenvalue weighted by Crippen LogP contribution is -2.04. The summed E-state index contributed by atoms with van der Waals surface area (Å²) in [5.74, 6) is -0.923. The number of hydrogen-bond donors (Lipinski definition) is 1. The predicted octanol–water partition coefficient (Wildman–Crippen LogP) is 2.80. The number of aryl methyl sites for hydroxylation is 1. The highest BCUT2D eigenvalue weighted by molar-refractivity contribution is 5.86. The first-order valence-corrected chi connectivity index (χ1v) is 4.90. The molecule has 1 aromatic carbocycles. The molecule has 15 heavy (non-hydrogen) atoms. The predicted molar refractivity (Wildman–Crippen MR) is 61.1 cm³/mol. The fourth-order valence-electron chi connectivity index (χ4n) is 1.51. The molecule has 0 atom stereocenters. The summed E-state index contributed by atoms with van der Waals surface area (Å²) >= 11 is 0. The van der Waals surface area contributed by atoms with Crippen molar-refractivity contribution in [1.29, 1.82) is 0 Å². The van der Waals surface area contributed by atoms with E-state index in [0.717, 1.165) is 11.1 Å². The summed E-state index contributed by atoms with van der Waals surface area (Å²) in [4.78, 5) is 10.7. The molecule has 0 aliphatic rings. The Balaban J connectivity index is 3.02. The van der Waals surface area contributed by atoms with Crippen molar-refractivity contribution in [3.63, 3.8) is 0 Å². The van der Waals surface area contributed by atoms with Crippen molar-refractivity contribution in [2.24, 2.45) is 0 Å². The van der Waals surface area contributed by atoms with Crippen LogP contribution in [-0.4, -0.2) is 11.1 Å². The van der Waals surface area contributed by atoms with Gasteiger partial charge in [0.25, 0.3) is 0 Å². The largest absolute Gasteiger partial charge is 0.478 e. The van der Waals surface area contributed by atoms with E-state index in [1.54, 1.807) is 0 Å². The fourth-order valence-corrected chi connectivity index (χ4v) is 1.51. The third-order valence-corrected chi connectivity index (χ3v) is 2.88. The first kappa shape index (κ1) is 11.5. The highest BCUT2D eigenvalue weighted by Crippen LogP contribution is 2.19. The summed E-state index contributed by atoms with van der Waals surface area (Å²) in [7, 11) is 0. The van der Waals surface area contributed by atoms with E-state index < -0.39 is 5.97 Å². The van der Waals surface area contributed by atoms with Gasteiger partial charge in [-0.05, 0) is 43.0 Å². The van der Waals surface area contributed by atoms with E-state index in [9.17, 15) is 4.79 Å². The zero-order chi connectivity index (χ0) is 11.6. The Morgan fingerprint density at radius 2 is 1.87 bits per heavy atom. The minimum Gasteiger partial charge on any atom is -0.478 e. The van der Waals surface area contributed by atoms with Gasteiger partial charge in [0, 0.05) is 12.0 Å². The number of rotatable bonds is 3. The van der Waals surface area contributed by atoms with E-state index in [0.29, 0.717) is 6.42 Å². The van der Waals surface area contributed by atoms with Crippen LogP contribution in [0.25, 0.3) is 0 Å². The van der Waals surface area contributed by atoms with Gasteiger partial charge in [0.1, 0.15) is 0 Å². The van der Waals surface area contributed by atoms with Crippen molar-refractivity contribution in [1.82, 2.24) is 0 Å². The second kappa shape index (κ2) is 4.30. The first-order valence-electron chi connectivity index (χ1n) is 4.90.